The van der Waals surface area contributed by atoms with Crippen molar-refractivity contribution in [1.82, 2.24) is 4.31 Å². The fourth-order valence-corrected chi connectivity index (χ4v) is 3.10. The fourth-order valence-electron chi connectivity index (χ4n) is 1.94. The molecule has 0 unspecified atom stereocenters. The molecule has 0 heterocycles. The smallest absolute Gasteiger partial charge is 0.270 e. The van der Waals surface area contributed by atoms with Gasteiger partial charge in [-0.05, 0) is 24.3 Å². The molecule has 2 aromatic rings. The fraction of sp³-hybridized carbons (Fsp3) is 0.133. The lowest BCUT2D eigenvalue weighted by Gasteiger charge is -2.13. The Bertz CT molecular complexity index is 944. The van der Waals surface area contributed by atoms with Gasteiger partial charge in [-0.3, -0.25) is 14.9 Å². The number of nitrogens with zero attached hydrogens (tertiary/aromatic N) is 2. The summed E-state index contributed by atoms with van der Waals surface area (Å²) in [6, 6.07) is 9.14. The third-order valence-corrected chi connectivity index (χ3v) is 5.42. The van der Waals surface area contributed by atoms with Gasteiger partial charge in [-0.25, -0.2) is 12.7 Å². The Morgan fingerprint density at radius 1 is 1.20 bits per heavy atom. The number of carbonyl (C=O) groups is 1. The normalized spacial score (nSPS) is 11.4. The van der Waals surface area contributed by atoms with Gasteiger partial charge in [-0.1, -0.05) is 17.7 Å². The van der Waals surface area contributed by atoms with E-state index in [1.54, 1.807) is 0 Å². The molecule has 25 heavy (non-hydrogen) atoms. The average Bonchev–Trinajstić information content (AvgIpc) is 2.55. The maximum absolute atomic E-state index is 12.3. The Kier molecular flexibility index (Phi) is 5.41. The van der Waals surface area contributed by atoms with E-state index in [2.05, 4.69) is 5.32 Å². The zero-order valence-electron chi connectivity index (χ0n) is 13.3. The van der Waals surface area contributed by atoms with E-state index in [0.717, 1.165) is 10.4 Å². The lowest BCUT2D eigenvalue weighted by molar-refractivity contribution is -0.384. The summed E-state index contributed by atoms with van der Waals surface area (Å²) in [5.74, 6) is -0.687. The Labute approximate surface area is 149 Å². The quantitative estimate of drug-likeness (QED) is 0.630. The molecule has 0 aromatic heterocycles. The number of nitro groups is 1. The second-order valence-corrected chi connectivity index (χ2v) is 7.75. The topological polar surface area (TPSA) is 110 Å². The number of halogens is 1. The Morgan fingerprint density at radius 3 is 2.48 bits per heavy atom. The van der Waals surface area contributed by atoms with E-state index < -0.39 is 20.9 Å². The van der Waals surface area contributed by atoms with E-state index in [1.165, 1.54) is 50.5 Å². The second-order valence-electron chi connectivity index (χ2n) is 5.19. The molecular formula is C15H14ClN3O5S. The number of benzene rings is 2. The summed E-state index contributed by atoms with van der Waals surface area (Å²) in [4.78, 5) is 22.5. The predicted octanol–water partition coefficient (Wildman–Crippen LogP) is 2.75. The average molecular weight is 384 g/mol. The predicted molar refractivity (Wildman–Crippen MR) is 93.4 cm³/mol. The highest BCUT2D eigenvalue weighted by atomic mass is 35.5. The zero-order chi connectivity index (χ0) is 18.8. The lowest BCUT2D eigenvalue weighted by atomic mass is 10.2. The first-order chi connectivity index (χ1) is 11.6. The molecule has 10 heteroatoms. The second kappa shape index (κ2) is 7.18. The Hall–Kier alpha value is -2.49. The SMILES string of the molecule is CN(C)S(=O)(=O)c1cccc(NC(=O)c2cc([N+](=O)[O-])ccc2Cl)c1. The molecule has 0 aliphatic carbocycles. The summed E-state index contributed by atoms with van der Waals surface area (Å²) in [5, 5.41) is 13.4. The number of nitro benzene ring substituents is 1. The minimum Gasteiger partial charge on any atom is -0.322 e. The van der Waals surface area contributed by atoms with Gasteiger partial charge in [-0.15, -0.1) is 0 Å². The molecule has 0 saturated heterocycles. The van der Waals surface area contributed by atoms with Gasteiger partial charge in [0.05, 0.1) is 20.4 Å². The molecule has 1 amide bonds. The minimum atomic E-state index is -3.66. The van der Waals surface area contributed by atoms with Crippen molar-refractivity contribution in [3.63, 3.8) is 0 Å². The van der Waals surface area contributed by atoms with Crippen molar-refractivity contribution in [1.29, 1.82) is 0 Å². The van der Waals surface area contributed by atoms with Crippen LogP contribution in [0.5, 0.6) is 0 Å². The van der Waals surface area contributed by atoms with E-state index in [0.29, 0.717) is 0 Å². The van der Waals surface area contributed by atoms with E-state index in [9.17, 15) is 23.3 Å². The van der Waals surface area contributed by atoms with E-state index in [1.807, 2.05) is 0 Å². The molecule has 1 N–H and O–H groups in total. The molecule has 8 nitrogen and oxygen atoms in total. The van der Waals surface area contributed by atoms with Gasteiger partial charge in [0, 0.05) is 31.9 Å². The molecule has 0 aliphatic rings. The van der Waals surface area contributed by atoms with Crippen LogP contribution in [-0.2, 0) is 10.0 Å². The Morgan fingerprint density at radius 2 is 1.88 bits per heavy atom. The third kappa shape index (κ3) is 4.13. The molecule has 0 spiro atoms. The van der Waals surface area contributed by atoms with E-state index >= 15 is 0 Å². The molecule has 0 saturated carbocycles. The van der Waals surface area contributed by atoms with Crippen molar-refractivity contribution >= 4 is 38.9 Å². The molecule has 0 bridgehead atoms. The molecular weight excluding hydrogens is 370 g/mol. The Balaban J connectivity index is 2.34. The molecule has 0 fully saturated rings. The van der Waals surface area contributed by atoms with Crippen LogP contribution in [0.1, 0.15) is 10.4 Å². The number of rotatable bonds is 5. The maximum Gasteiger partial charge on any atom is 0.270 e. The van der Waals surface area contributed by atoms with Gasteiger partial charge in [0.25, 0.3) is 11.6 Å². The molecule has 2 rings (SSSR count). The summed E-state index contributed by atoms with van der Waals surface area (Å²) in [5.41, 5.74) is -0.147. The van der Waals surface area contributed by atoms with Crippen LogP contribution in [0.15, 0.2) is 47.4 Å². The van der Waals surface area contributed by atoms with Crippen molar-refractivity contribution in [2.75, 3.05) is 19.4 Å². The monoisotopic (exact) mass is 383 g/mol. The molecule has 2 aromatic carbocycles. The van der Waals surface area contributed by atoms with E-state index in [4.69, 9.17) is 11.6 Å². The van der Waals surface area contributed by atoms with Crippen LogP contribution in [-0.4, -0.2) is 37.6 Å². The number of hydrogen-bond acceptors (Lipinski definition) is 5. The van der Waals surface area contributed by atoms with Gasteiger partial charge in [0.2, 0.25) is 10.0 Å². The van der Waals surface area contributed by atoms with Gasteiger partial charge >= 0.3 is 0 Å². The van der Waals surface area contributed by atoms with Crippen molar-refractivity contribution in [2.24, 2.45) is 0 Å². The van der Waals surface area contributed by atoms with Crippen LogP contribution in [0.2, 0.25) is 5.02 Å². The highest BCUT2D eigenvalue weighted by molar-refractivity contribution is 7.89. The van der Waals surface area contributed by atoms with Crippen LogP contribution < -0.4 is 5.32 Å². The number of anilines is 1. The largest absolute Gasteiger partial charge is 0.322 e. The molecule has 132 valence electrons. The first kappa shape index (κ1) is 18.8. The van der Waals surface area contributed by atoms with Gasteiger partial charge in [-0.2, -0.15) is 0 Å². The first-order valence-electron chi connectivity index (χ1n) is 6.91. The van der Waals surface area contributed by atoms with Crippen molar-refractivity contribution in [3.8, 4) is 0 Å². The highest BCUT2D eigenvalue weighted by Gasteiger charge is 2.19. The van der Waals surface area contributed by atoms with Crippen molar-refractivity contribution in [2.45, 2.75) is 4.90 Å². The first-order valence-corrected chi connectivity index (χ1v) is 8.72. The molecule has 0 atom stereocenters. The summed E-state index contributed by atoms with van der Waals surface area (Å²) in [6.07, 6.45) is 0. The minimum absolute atomic E-state index is 0.000407. The van der Waals surface area contributed by atoms with Crippen molar-refractivity contribution < 1.29 is 18.1 Å². The summed E-state index contributed by atoms with van der Waals surface area (Å²) in [7, 11) is -0.875. The number of nitrogens with one attached hydrogen (secondary N) is 1. The lowest BCUT2D eigenvalue weighted by Crippen LogP contribution is -2.22. The van der Waals surface area contributed by atoms with E-state index in [-0.39, 0.29) is 26.9 Å². The van der Waals surface area contributed by atoms with Crippen LogP contribution in [0, 0.1) is 10.1 Å². The van der Waals surface area contributed by atoms with Gasteiger partial charge in [0.15, 0.2) is 0 Å². The van der Waals surface area contributed by atoms with Crippen LogP contribution in [0.3, 0.4) is 0 Å². The summed E-state index contributed by atoms with van der Waals surface area (Å²) in [6.45, 7) is 0. The maximum atomic E-state index is 12.3. The number of sulfonamides is 1. The van der Waals surface area contributed by atoms with Crippen molar-refractivity contribution in [3.05, 3.63) is 63.2 Å². The molecule has 0 radical (unpaired) electrons. The highest BCUT2D eigenvalue weighted by Crippen LogP contribution is 2.24. The number of amides is 1. The summed E-state index contributed by atoms with van der Waals surface area (Å²) < 4.78 is 25.3. The van der Waals surface area contributed by atoms with Crippen LogP contribution in [0.25, 0.3) is 0 Å². The van der Waals surface area contributed by atoms with Gasteiger partial charge < -0.3 is 5.32 Å². The molecule has 0 aliphatic heterocycles. The van der Waals surface area contributed by atoms with Gasteiger partial charge in [0.1, 0.15) is 0 Å². The van der Waals surface area contributed by atoms with Crippen LogP contribution >= 0.6 is 11.6 Å². The number of non-ortho nitro benzene ring substituents is 1. The zero-order valence-corrected chi connectivity index (χ0v) is 14.8. The van der Waals surface area contributed by atoms with Crippen LogP contribution in [0.4, 0.5) is 11.4 Å². The number of hydrogen-bond donors (Lipinski definition) is 1. The summed E-state index contributed by atoms with van der Waals surface area (Å²) >= 11 is 5.92. The third-order valence-electron chi connectivity index (χ3n) is 3.28. The standard InChI is InChI=1S/C15H14ClN3O5S/c1-18(2)25(23,24)12-5-3-4-10(8-12)17-15(20)13-9-11(19(21)22)6-7-14(13)16/h3-9H,1-2H3,(H,17,20). The number of carbonyl (C=O) groups excluding carboxylic acids is 1.